The van der Waals surface area contributed by atoms with E-state index < -0.39 is 5.82 Å². The van der Waals surface area contributed by atoms with Crippen molar-refractivity contribution in [3.05, 3.63) is 83.6 Å². The number of nitrogens with zero attached hydrogens (tertiary/aromatic N) is 1. The highest BCUT2D eigenvalue weighted by Gasteiger charge is 2.17. The number of hydrogen-bond donors (Lipinski definition) is 1. The van der Waals surface area contributed by atoms with Crippen LogP contribution in [0.15, 0.2) is 65.4 Å². The van der Waals surface area contributed by atoms with Crippen LogP contribution in [-0.4, -0.2) is 30.8 Å². The molecule has 0 aliphatic carbocycles. The van der Waals surface area contributed by atoms with Crippen LogP contribution in [0.5, 0.6) is 5.75 Å². The van der Waals surface area contributed by atoms with Crippen molar-refractivity contribution in [3.8, 4) is 16.9 Å². The Kier molecular flexibility index (Phi) is 7.74. The van der Waals surface area contributed by atoms with Crippen LogP contribution >= 0.6 is 0 Å². The van der Waals surface area contributed by atoms with Crippen LogP contribution in [0.4, 0.5) is 4.39 Å². The highest BCUT2D eigenvalue weighted by molar-refractivity contribution is 5.93. The second-order valence-corrected chi connectivity index (χ2v) is 8.13. The largest absolute Gasteiger partial charge is 0.489 e. The molecular formula is C27H27FN2O5. The summed E-state index contributed by atoms with van der Waals surface area (Å²) in [5.41, 5.74) is 8.85. The van der Waals surface area contributed by atoms with Gasteiger partial charge in [0, 0.05) is 41.9 Å². The van der Waals surface area contributed by atoms with Gasteiger partial charge in [-0.1, -0.05) is 18.2 Å². The Labute approximate surface area is 202 Å². The lowest BCUT2D eigenvalue weighted by Crippen LogP contribution is -2.21. The Morgan fingerprint density at radius 1 is 1.17 bits per heavy atom. The summed E-state index contributed by atoms with van der Waals surface area (Å²) >= 11 is 0. The molecule has 35 heavy (non-hydrogen) atoms. The van der Waals surface area contributed by atoms with Crippen molar-refractivity contribution >= 4 is 16.9 Å². The molecule has 1 atom stereocenters. The van der Waals surface area contributed by atoms with Crippen LogP contribution in [0.2, 0.25) is 0 Å². The van der Waals surface area contributed by atoms with E-state index in [1.54, 1.807) is 32.4 Å². The number of benzene rings is 2. The maximum Gasteiger partial charge on any atom is 0.310 e. The third-order valence-corrected chi connectivity index (χ3v) is 5.49. The number of para-hydroxylation sites is 1. The molecule has 0 bridgehead atoms. The summed E-state index contributed by atoms with van der Waals surface area (Å²) in [6, 6.07) is 14.5. The molecule has 0 saturated heterocycles. The summed E-state index contributed by atoms with van der Waals surface area (Å²) in [7, 11) is 1.56. The van der Waals surface area contributed by atoms with Crippen molar-refractivity contribution in [1.82, 2.24) is 4.98 Å². The number of furan rings is 1. The first-order valence-corrected chi connectivity index (χ1v) is 11.2. The van der Waals surface area contributed by atoms with E-state index in [1.807, 2.05) is 36.4 Å². The van der Waals surface area contributed by atoms with Crippen molar-refractivity contribution in [2.75, 3.05) is 13.7 Å². The van der Waals surface area contributed by atoms with Gasteiger partial charge in [-0.15, -0.1) is 0 Å². The lowest BCUT2D eigenvalue weighted by Gasteiger charge is -2.15. The van der Waals surface area contributed by atoms with Crippen LogP contribution in [-0.2, 0) is 33.8 Å². The molecule has 182 valence electrons. The Morgan fingerprint density at radius 2 is 2.00 bits per heavy atom. The van der Waals surface area contributed by atoms with E-state index >= 15 is 4.39 Å². The molecule has 0 spiro atoms. The Bertz CT molecular complexity index is 1320. The van der Waals surface area contributed by atoms with Gasteiger partial charge in [0.1, 0.15) is 24.0 Å². The zero-order valence-corrected chi connectivity index (χ0v) is 19.6. The molecule has 2 aromatic heterocycles. The average molecular weight is 479 g/mol. The van der Waals surface area contributed by atoms with Crippen LogP contribution in [0.3, 0.4) is 0 Å². The SMILES string of the molecule is COCC(C)OC(=O)Cc1ccccc1OCc1cc(-c2ccnc(CN)c2F)c2occc2c1. The summed E-state index contributed by atoms with van der Waals surface area (Å²) in [4.78, 5) is 16.3. The van der Waals surface area contributed by atoms with E-state index in [0.717, 1.165) is 10.9 Å². The summed E-state index contributed by atoms with van der Waals surface area (Å²) in [6.07, 6.45) is 2.82. The van der Waals surface area contributed by atoms with Crippen LogP contribution in [0.1, 0.15) is 23.7 Å². The molecule has 4 rings (SSSR count). The molecule has 2 heterocycles. The number of pyridine rings is 1. The van der Waals surface area contributed by atoms with Gasteiger partial charge in [-0.3, -0.25) is 9.78 Å². The minimum atomic E-state index is -0.475. The van der Waals surface area contributed by atoms with E-state index in [4.69, 9.17) is 24.4 Å². The number of halogens is 1. The van der Waals surface area contributed by atoms with Gasteiger partial charge in [-0.2, -0.15) is 0 Å². The second-order valence-electron chi connectivity index (χ2n) is 8.13. The van der Waals surface area contributed by atoms with Crippen LogP contribution in [0, 0.1) is 5.82 Å². The highest BCUT2D eigenvalue weighted by atomic mass is 19.1. The zero-order valence-electron chi connectivity index (χ0n) is 19.6. The Morgan fingerprint density at radius 3 is 2.80 bits per heavy atom. The molecule has 0 aliphatic heterocycles. The van der Waals surface area contributed by atoms with Gasteiger partial charge in [0.05, 0.1) is 25.0 Å². The number of carbonyl (C=O) groups excluding carboxylic acids is 1. The molecule has 4 aromatic rings. The van der Waals surface area contributed by atoms with Crippen molar-refractivity contribution in [2.24, 2.45) is 5.73 Å². The predicted molar refractivity (Wildman–Crippen MR) is 129 cm³/mol. The average Bonchev–Trinajstić information content (AvgIpc) is 3.32. The predicted octanol–water partition coefficient (Wildman–Crippen LogP) is 4.79. The maximum atomic E-state index is 15.0. The smallest absolute Gasteiger partial charge is 0.310 e. The first-order valence-electron chi connectivity index (χ1n) is 11.2. The van der Waals surface area contributed by atoms with Gasteiger partial charge in [0.2, 0.25) is 0 Å². The van der Waals surface area contributed by atoms with Gasteiger partial charge in [0.15, 0.2) is 5.82 Å². The number of rotatable bonds is 10. The summed E-state index contributed by atoms with van der Waals surface area (Å²) in [6.45, 7) is 2.30. The molecule has 1 unspecified atom stereocenters. The van der Waals surface area contributed by atoms with Crippen LogP contribution < -0.4 is 10.5 Å². The number of aromatic nitrogens is 1. The number of fused-ring (bicyclic) bond motifs is 1. The lowest BCUT2D eigenvalue weighted by molar-refractivity contribution is -0.149. The van der Waals surface area contributed by atoms with Gasteiger partial charge < -0.3 is 24.4 Å². The fourth-order valence-corrected chi connectivity index (χ4v) is 3.91. The molecule has 0 amide bonds. The van der Waals surface area contributed by atoms with E-state index in [0.29, 0.717) is 34.6 Å². The number of esters is 1. The number of hydrogen-bond acceptors (Lipinski definition) is 7. The molecule has 8 heteroatoms. The first kappa shape index (κ1) is 24.4. The zero-order chi connectivity index (χ0) is 24.8. The molecule has 0 aliphatic rings. The number of carbonyl (C=O) groups is 1. The third kappa shape index (κ3) is 5.67. The lowest BCUT2D eigenvalue weighted by atomic mass is 10.00. The molecular weight excluding hydrogens is 451 g/mol. The van der Waals surface area contributed by atoms with E-state index in [9.17, 15) is 4.79 Å². The molecule has 0 saturated carbocycles. The van der Waals surface area contributed by atoms with E-state index in [1.165, 1.54) is 6.20 Å². The van der Waals surface area contributed by atoms with Crippen molar-refractivity contribution in [3.63, 3.8) is 0 Å². The monoisotopic (exact) mass is 478 g/mol. The van der Waals surface area contributed by atoms with Gasteiger partial charge in [-0.05, 0) is 42.8 Å². The van der Waals surface area contributed by atoms with Crippen molar-refractivity contribution in [2.45, 2.75) is 32.6 Å². The number of nitrogens with two attached hydrogens (primary N) is 1. The molecule has 0 radical (unpaired) electrons. The first-order chi connectivity index (χ1) is 17.0. The summed E-state index contributed by atoms with van der Waals surface area (Å²) in [5.74, 6) is -0.271. The minimum absolute atomic E-state index is 0.00671. The highest BCUT2D eigenvalue weighted by Crippen LogP contribution is 2.33. The normalized spacial score (nSPS) is 12.0. The molecule has 2 aromatic carbocycles. The Balaban J connectivity index is 1.57. The minimum Gasteiger partial charge on any atom is -0.489 e. The van der Waals surface area contributed by atoms with Crippen molar-refractivity contribution < 1.29 is 27.8 Å². The summed E-state index contributed by atoms with van der Waals surface area (Å²) < 4.78 is 37.1. The summed E-state index contributed by atoms with van der Waals surface area (Å²) in [5, 5.41) is 0.815. The fraction of sp³-hybridized carbons (Fsp3) is 0.259. The van der Waals surface area contributed by atoms with Gasteiger partial charge >= 0.3 is 5.97 Å². The van der Waals surface area contributed by atoms with E-state index in [2.05, 4.69) is 4.98 Å². The fourth-order valence-electron chi connectivity index (χ4n) is 3.91. The quantitative estimate of drug-likeness (QED) is 0.327. The molecule has 7 nitrogen and oxygen atoms in total. The third-order valence-electron chi connectivity index (χ3n) is 5.49. The Hall–Kier alpha value is -3.75. The second kappa shape index (κ2) is 11.1. The maximum absolute atomic E-state index is 15.0. The van der Waals surface area contributed by atoms with Crippen molar-refractivity contribution in [1.29, 1.82) is 0 Å². The van der Waals surface area contributed by atoms with Crippen LogP contribution in [0.25, 0.3) is 22.1 Å². The topological polar surface area (TPSA) is 96.8 Å². The standard InChI is InChI=1S/C27H27FN2O5/c1-17(15-32-2)35-25(31)13-19-5-3-4-6-24(19)34-16-18-11-20-8-10-33-27(20)22(12-18)21-7-9-30-23(14-29)26(21)28/h3-12,17H,13-16,29H2,1-2H3. The van der Waals surface area contributed by atoms with Gasteiger partial charge in [-0.25, -0.2) is 4.39 Å². The number of methoxy groups -OCH3 is 1. The number of ether oxygens (including phenoxy) is 3. The van der Waals surface area contributed by atoms with Gasteiger partial charge in [0.25, 0.3) is 0 Å². The molecule has 0 fully saturated rings. The molecule has 2 N–H and O–H groups in total. The van der Waals surface area contributed by atoms with E-state index in [-0.39, 0.29) is 37.3 Å².